The number of rotatable bonds is 39. The minimum Gasteiger partial charge on any atom is -0.445 e. The Morgan fingerprint density at radius 2 is 1.42 bits per heavy atom. The Labute approximate surface area is 616 Å². The molecule has 8 rings (SSSR count). The van der Waals surface area contributed by atoms with Crippen LogP contribution in [0.15, 0.2) is 103 Å². The van der Waals surface area contributed by atoms with E-state index in [4.69, 9.17) is 24.9 Å². The number of primary amides is 1. The summed E-state index contributed by atoms with van der Waals surface area (Å²) in [7, 11) is 4.77. The number of hydrogen-bond acceptors (Lipinski definition) is 15. The molecule has 0 radical (unpaired) electrons. The minimum absolute atomic E-state index is 0.0765. The lowest BCUT2D eigenvalue weighted by Crippen LogP contribution is -2.60. The summed E-state index contributed by atoms with van der Waals surface area (Å²) >= 11 is 0. The first-order valence-corrected chi connectivity index (χ1v) is 37.2. The fourth-order valence-electron chi connectivity index (χ4n) is 15.0. The van der Waals surface area contributed by atoms with Gasteiger partial charge in [0.05, 0.1) is 48.4 Å². The fourth-order valence-corrected chi connectivity index (χ4v) is 15.0. The van der Waals surface area contributed by atoms with Crippen molar-refractivity contribution in [1.29, 1.82) is 0 Å². The summed E-state index contributed by atoms with van der Waals surface area (Å²) in [5, 5.41) is 17.3. The maximum atomic E-state index is 15.1. The molecular formula is C78H109N13O14. The summed E-state index contributed by atoms with van der Waals surface area (Å²) in [6, 6.07) is 19.8. The molecule has 0 unspecified atom stereocenters. The third-order valence-electron chi connectivity index (χ3n) is 21.0. The van der Waals surface area contributed by atoms with E-state index < -0.39 is 96.2 Å². The third-order valence-corrected chi connectivity index (χ3v) is 21.0. The van der Waals surface area contributed by atoms with Gasteiger partial charge in [-0.2, -0.15) is 0 Å². The molecule has 3 fully saturated rings. The molecule has 4 heterocycles. The molecule has 13 atom stereocenters. The highest BCUT2D eigenvalue weighted by Gasteiger charge is 2.53. The molecule has 2 bridgehead atoms. The maximum absolute atomic E-state index is 15.1. The zero-order valence-electron chi connectivity index (χ0n) is 62.4. The van der Waals surface area contributed by atoms with E-state index in [1.54, 1.807) is 62.1 Å². The summed E-state index contributed by atoms with van der Waals surface area (Å²) in [4.78, 5) is 164. The van der Waals surface area contributed by atoms with Crippen molar-refractivity contribution >= 4 is 71.0 Å². The summed E-state index contributed by atoms with van der Waals surface area (Å²) in [6.45, 7) is 13.8. The second-order valence-corrected chi connectivity index (χ2v) is 29.0. The van der Waals surface area contributed by atoms with Gasteiger partial charge in [-0.05, 0) is 118 Å². The highest BCUT2D eigenvalue weighted by molar-refractivity contribution is 6.12. The number of nitrogens with two attached hydrogens (primary N) is 1. The normalized spacial score (nSPS) is 19.4. The predicted octanol–water partition coefficient (Wildman–Crippen LogP) is 7.62. The minimum atomic E-state index is -1.06. The number of fused-ring (bicyclic) bond motifs is 2. The molecule has 105 heavy (non-hydrogen) atoms. The standard InChI is InChI=1S/C78H109N13O14/c1-11-49(6)68(61(103-9)44-65(95)89-41-23-29-60(89)70(104-10)50(7)72(96)85-58(42-51-24-15-12-16-25-51)71-81-45-59(83-71)53-26-17-13-18-27-53)88(8)76(100)67(48(4)5)87-75(99)69-54-33-36-56(43-54)91(69)78(102)105-46-52-31-34-55(35-32-52)82-73(97)57(28-20-21-39-80-77(79)101)84-74(98)66(47(2)3)86-62(92)30-19-14-22-40-90-63(93)37-38-64(90)94/h12-13,15-18,24-27,31-32,34-35,37-38,45,47-50,54,56-58,60-61,66-70H,11,14,19-23,28-30,33,36,39-44,46H2,1-10H3,(H,81,83)(H,82,97)(H,84,98)(H,85,96)(H,86,92)(H,87,99)(H3,79,80,101)/t49-,50+,54-,56+,57-,58-,60-,61+,66-,67-,68-,69-,70+/m0/s1. The van der Waals surface area contributed by atoms with Crippen molar-refractivity contribution in [1.82, 2.24) is 56.2 Å². The highest BCUT2D eigenvalue weighted by atomic mass is 16.6. The number of nitrogens with one attached hydrogen (secondary N) is 7. The third kappa shape index (κ3) is 21.8. The van der Waals surface area contributed by atoms with Crippen LogP contribution < -0.4 is 37.6 Å². The number of ether oxygens (including phenoxy) is 3. The molecule has 4 aliphatic rings. The number of H-pyrrole nitrogens is 1. The molecule has 4 aromatic rings. The lowest BCUT2D eigenvalue weighted by atomic mass is 9.89. The first-order chi connectivity index (χ1) is 50.3. The van der Waals surface area contributed by atoms with E-state index in [1.165, 1.54) is 24.2 Å². The van der Waals surface area contributed by atoms with Gasteiger partial charge in [0.25, 0.3) is 11.8 Å². The van der Waals surface area contributed by atoms with Gasteiger partial charge in [-0.3, -0.25) is 53.0 Å². The lowest BCUT2D eigenvalue weighted by molar-refractivity contribution is -0.148. The highest BCUT2D eigenvalue weighted by Crippen LogP contribution is 2.43. The largest absolute Gasteiger partial charge is 0.445 e. The lowest BCUT2D eigenvalue weighted by Gasteiger charge is -2.41. The first-order valence-electron chi connectivity index (χ1n) is 37.2. The average molecular weight is 1450 g/mol. The quantitative estimate of drug-likeness (QED) is 0.0157. The van der Waals surface area contributed by atoms with E-state index >= 15 is 4.79 Å². The first kappa shape index (κ1) is 81.2. The number of benzene rings is 3. The number of likely N-dealkylation sites (tertiary alicyclic amines) is 2. The molecular weight excluding hydrogens is 1340 g/mol. The van der Waals surface area contributed by atoms with Gasteiger partial charge in [-0.25, -0.2) is 14.6 Å². The van der Waals surface area contributed by atoms with Crippen LogP contribution in [0.5, 0.6) is 0 Å². The number of imidazole rings is 1. The van der Waals surface area contributed by atoms with E-state index in [0.717, 1.165) is 21.7 Å². The number of aromatic amines is 1. The van der Waals surface area contributed by atoms with E-state index in [2.05, 4.69) is 36.9 Å². The van der Waals surface area contributed by atoms with Crippen LogP contribution >= 0.6 is 0 Å². The second-order valence-electron chi connectivity index (χ2n) is 29.0. The number of carbonyl (C=O) groups excluding carboxylic acids is 11. The Kier molecular flexibility index (Phi) is 30.2. The van der Waals surface area contributed by atoms with Gasteiger partial charge in [0.15, 0.2) is 0 Å². The van der Waals surface area contributed by atoms with Crippen molar-refractivity contribution < 1.29 is 67.0 Å². The number of methoxy groups -OCH3 is 2. The van der Waals surface area contributed by atoms with E-state index in [1.807, 2.05) is 101 Å². The van der Waals surface area contributed by atoms with Crippen molar-refractivity contribution in [3.05, 3.63) is 120 Å². The maximum Gasteiger partial charge on any atom is 0.411 e. The number of aromatic nitrogens is 2. The van der Waals surface area contributed by atoms with E-state index in [9.17, 15) is 47.9 Å². The van der Waals surface area contributed by atoms with Crippen LogP contribution in [0.4, 0.5) is 15.3 Å². The van der Waals surface area contributed by atoms with E-state index in [-0.39, 0.29) is 98.2 Å². The number of amides is 12. The van der Waals surface area contributed by atoms with Crippen molar-refractivity contribution in [2.24, 2.45) is 35.3 Å². The number of unbranched alkanes of at least 4 members (excludes halogenated alkanes) is 3. The van der Waals surface area contributed by atoms with Crippen LogP contribution in [0.1, 0.15) is 161 Å². The van der Waals surface area contributed by atoms with Gasteiger partial charge in [0, 0.05) is 83.0 Å². The van der Waals surface area contributed by atoms with Gasteiger partial charge < -0.3 is 66.6 Å². The Morgan fingerprint density at radius 1 is 0.733 bits per heavy atom. The Bertz CT molecular complexity index is 3630. The summed E-state index contributed by atoms with van der Waals surface area (Å²) in [5.74, 6) is -4.71. The van der Waals surface area contributed by atoms with Crippen molar-refractivity contribution in [2.75, 3.05) is 46.2 Å². The number of urea groups is 1. The number of anilines is 1. The molecule has 27 nitrogen and oxygen atoms in total. The number of piperidine rings is 1. The SMILES string of the molecule is CC[C@H](C)[C@@H]([C@@H](CC(=O)N1CCC[C@H]1[C@H](OC)[C@@H](C)C(=O)N[C@@H](Cc1ccccc1)c1nc(-c2ccccc2)c[nH]1)OC)N(C)C(=O)[C@@H](NC(=O)[C@@H]1[C@H]2CC[C@H](C2)N1C(=O)OCc1ccc(NC(=O)[C@H](CCCCNC(N)=O)NC(=O)[C@@H](NC(=O)CCCCCN2C(=O)C=CC2=O)C(C)C)cc1)C(C)C. The van der Waals surface area contributed by atoms with Crippen LogP contribution in [-0.4, -0.2) is 190 Å². The van der Waals surface area contributed by atoms with Crippen LogP contribution in [0.2, 0.25) is 0 Å². The number of hydrogen-bond donors (Lipinski definition) is 8. The molecule has 0 spiro atoms. The molecule has 1 aliphatic carbocycles. The van der Waals surface area contributed by atoms with Crippen molar-refractivity contribution in [3.63, 3.8) is 0 Å². The topological polar surface area (TPSA) is 355 Å². The van der Waals surface area contributed by atoms with Gasteiger partial charge in [-0.15, -0.1) is 0 Å². The smallest absolute Gasteiger partial charge is 0.411 e. The summed E-state index contributed by atoms with van der Waals surface area (Å²) < 4.78 is 18.3. The van der Waals surface area contributed by atoms with Crippen molar-refractivity contribution in [2.45, 2.75) is 212 Å². The van der Waals surface area contributed by atoms with E-state index in [0.29, 0.717) is 101 Å². The second kappa shape index (κ2) is 39.0. The summed E-state index contributed by atoms with van der Waals surface area (Å²) in [5.41, 5.74) is 8.90. The molecule has 27 heteroatoms. The Balaban J connectivity index is 0.858. The predicted molar refractivity (Wildman–Crippen MR) is 394 cm³/mol. The van der Waals surface area contributed by atoms with Gasteiger partial charge in [-0.1, -0.05) is 134 Å². The number of likely N-dealkylation sites (N-methyl/N-ethyl adjacent to an activating group) is 1. The zero-order chi connectivity index (χ0) is 76.0. The van der Waals surface area contributed by atoms with Crippen LogP contribution in [0, 0.1) is 29.6 Å². The van der Waals surface area contributed by atoms with Crippen LogP contribution in [-0.2, 0) is 70.4 Å². The molecule has 570 valence electrons. The zero-order valence-corrected chi connectivity index (χ0v) is 62.4. The monoisotopic (exact) mass is 1450 g/mol. The number of carbonyl (C=O) groups is 11. The van der Waals surface area contributed by atoms with Crippen LogP contribution in [0.3, 0.4) is 0 Å². The fraction of sp³-hybridized carbons (Fsp3) is 0.564. The number of imide groups is 1. The molecule has 1 saturated carbocycles. The Hall–Kier alpha value is -9.50. The molecule has 3 aromatic carbocycles. The van der Waals surface area contributed by atoms with Gasteiger partial charge in [0.2, 0.25) is 41.4 Å². The summed E-state index contributed by atoms with van der Waals surface area (Å²) in [6.07, 6.45) is 9.10. The molecule has 12 amide bonds. The number of nitrogens with zero attached hydrogens (tertiary/aromatic N) is 5. The molecule has 1 aromatic heterocycles. The van der Waals surface area contributed by atoms with Crippen molar-refractivity contribution in [3.8, 4) is 11.3 Å². The molecule has 2 saturated heterocycles. The average Bonchev–Trinajstić information content (AvgIpc) is 1.61. The molecule has 3 aliphatic heterocycles. The van der Waals surface area contributed by atoms with Crippen LogP contribution in [0.25, 0.3) is 11.3 Å². The Morgan fingerprint density at radius 3 is 2.07 bits per heavy atom. The molecule has 9 N–H and O–H groups in total. The van der Waals surface area contributed by atoms with Gasteiger partial charge >= 0.3 is 12.1 Å². The van der Waals surface area contributed by atoms with Gasteiger partial charge in [0.1, 0.15) is 36.6 Å².